The van der Waals surface area contributed by atoms with Crippen LogP contribution in [0.2, 0.25) is 0 Å². The van der Waals surface area contributed by atoms with Crippen LogP contribution < -0.4 is 10.6 Å². The van der Waals surface area contributed by atoms with E-state index in [1.54, 1.807) is 0 Å². The van der Waals surface area contributed by atoms with Gasteiger partial charge in [0.25, 0.3) is 0 Å². The second-order valence-corrected chi connectivity index (χ2v) is 6.41. The smallest absolute Gasteiger partial charge is 0.407 e. The molecular weight excluding hydrogens is 398 g/mol. The molecule has 5 N–H and O–H groups in total. The van der Waals surface area contributed by atoms with Crippen molar-refractivity contribution in [1.29, 1.82) is 0 Å². The highest BCUT2D eigenvalue weighted by atomic mass is 16.5. The van der Waals surface area contributed by atoms with Crippen molar-refractivity contribution in [1.82, 2.24) is 15.7 Å². The van der Waals surface area contributed by atoms with Gasteiger partial charge in [-0.3, -0.25) is 10.0 Å². The molecule has 1 aromatic carbocycles. The molecule has 0 heterocycles. The van der Waals surface area contributed by atoms with Gasteiger partial charge in [-0.05, 0) is 31.2 Å². The van der Waals surface area contributed by atoms with E-state index in [0.29, 0.717) is 25.8 Å². The highest BCUT2D eigenvalue weighted by Gasteiger charge is 2.29. The SMILES string of the molecule is O=C(O)CC[C@@H](C(=O)O)N(O)C(=O)NCCCCCNC(=O)OCc1ccccc1. The fourth-order valence-corrected chi connectivity index (χ4v) is 2.42. The van der Waals surface area contributed by atoms with Crippen molar-refractivity contribution in [3.8, 4) is 0 Å². The third-order valence-corrected chi connectivity index (χ3v) is 4.03. The summed E-state index contributed by atoms with van der Waals surface area (Å²) in [5.74, 6) is -2.73. The number of urea groups is 1. The maximum absolute atomic E-state index is 11.8. The molecule has 0 aromatic heterocycles. The van der Waals surface area contributed by atoms with Crippen molar-refractivity contribution >= 4 is 24.1 Å². The molecule has 3 amide bonds. The average Bonchev–Trinajstić information content (AvgIpc) is 2.71. The number of rotatable bonds is 13. The highest BCUT2D eigenvalue weighted by Crippen LogP contribution is 2.06. The van der Waals surface area contributed by atoms with Gasteiger partial charge >= 0.3 is 24.1 Å². The number of carbonyl (C=O) groups is 4. The molecule has 11 nitrogen and oxygen atoms in total. The Balaban J connectivity index is 2.13. The molecular formula is C19H27N3O8. The zero-order valence-corrected chi connectivity index (χ0v) is 16.5. The van der Waals surface area contributed by atoms with Crippen molar-refractivity contribution in [3.05, 3.63) is 35.9 Å². The predicted molar refractivity (Wildman–Crippen MR) is 104 cm³/mol. The van der Waals surface area contributed by atoms with Gasteiger partial charge in [-0.15, -0.1) is 0 Å². The minimum atomic E-state index is -1.65. The Bertz CT molecular complexity index is 698. The van der Waals surface area contributed by atoms with Crippen LogP contribution in [0.4, 0.5) is 9.59 Å². The van der Waals surface area contributed by atoms with E-state index in [-0.39, 0.29) is 18.2 Å². The fourth-order valence-electron chi connectivity index (χ4n) is 2.42. The number of hydrogen-bond acceptors (Lipinski definition) is 6. The molecule has 0 radical (unpaired) electrons. The van der Waals surface area contributed by atoms with Gasteiger partial charge in [0.05, 0.1) is 0 Å². The molecule has 0 aliphatic carbocycles. The van der Waals surface area contributed by atoms with E-state index in [1.807, 2.05) is 30.3 Å². The van der Waals surface area contributed by atoms with Crippen LogP contribution in [0.5, 0.6) is 0 Å². The number of benzene rings is 1. The summed E-state index contributed by atoms with van der Waals surface area (Å²) < 4.78 is 5.06. The quantitative estimate of drug-likeness (QED) is 0.181. The standard InChI is InChI=1S/C19H27N3O8/c23-16(24)10-9-15(17(25)26)22(29)18(27)20-11-5-2-6-12-21-19(28)30-13-14-7-3-1-4-8-14/h1,3-4,7-8,15,29H,2,5-6,9-13H2,(H,20,27)(H,21,28)(H,23,24)(H,25,26)/t15-/m0/s1. The summed E-state index contributed by atoms with van der Waals surface area (Å²) in [6.45, 7) is 0.754. The van der Waals surface area contributed by atoms with Crippen molar-refractivity contribution in [2.24, 2.45) is 0 Å². The van der Waals surface area contributed by atoms with Crippen molar-refractivity contribution in [2.75, 3.05) is 13.1 Å². The van der Waals surface area contributed by atoms with Crippen LogP contribution in [0, 0.1) is 0 Å². The Morgan fingerprint density at radius 3 is 2.20 bits per heavy atom. The number of nitrogens with zero attached hydrogens (tertiary/aromatic N) is 1. The van der Waals surface area contributed by atoms with Crippen LogP contribution in [0.25, 0.3) is 0 Å². The zero-order chi connectivity index (χ0) is 22.4. The average molecular weight is 425 g/mol. The first-order chi connectivity index (χ1) is 14.3. The highest BCUT2D eigenvalue weighted by molar-refractivity contribution is 5.82. The number of ether oxygens (including phenoxy) is 1. The lowest BCUT2D eigenvalue weighted by molar-refractivity contribution is -0.158. The van der Waals surface area contributed by atoms with Gasteiger partial charge in [-0.1, -0.05) is 30.3 Å². The zero-order valence-electron chi connectivity index (χ0n) is 16.5. The topological polar surface area (TPSA) is 165 Å². The molecule has 0 unspecified atom stereocenters. The number of alkyl carbamates (subject to hydrolysis) is 1. The van der Waals surface area contributed by atoms with Gasteiger partial charge < -0.3 is 25.6 Å². The molecule has 166 valence electrons. The normalized spacial score (nSPS) is 11.2. The van der Waals surface area contributed by atoms with Crippen LogP contribution >= 0.6 is 0 Å². The Hall–Kier alpha value is -3.34. The predicted octanol–water partition coefficient (Wildman–Crippen LogP) is 1.80. The number of hydrogen-bond donors (Lipinski definition) is 5. The molecule has 11 heteroatoms. The van der Waals surface area contributed by atoms with Gasteiger partial charge in [0.15, 0.2) is 6.04 Å². The summed E-state index contributed by atoms with van der Waals surface area (Å²) in [4.78, 5) is 45.0. The Labute approximate surface area is 173 Å². The van der Waals surface area contributed by atoms with E-state index in [1.165, 1.54) is 0 Å². The first kappa shape index (κ1) is 24.7. The van der Waals surface area contributed by atoms with E-state index < -0.39 is 42.9 Å². The minimum Gasteiger partial charge on any atom is -0.481 e. The lowest BCUT2D eigenvalue weighted by Crippen LogP contribution is -2.48. The Morgan fingerprint density at radius 2 is 1.60 bits per heavy atom. The van der Waals surface area contributed by atoms with Crippen LogP contribution in [-0.2, 0) is 20.9 Å². The number of unbranched alkanes of at least 4 members (excludes halogenated alkanes) is 2. The summed E-state index contributed by atoms with van der Waals surface area (Å²) in [5, 5.41) is 32.2. The summed E-state index contributed by atoms with van der Waals surface area (Å²) in [6.07, 6.45) is 0.390. The van der Waals surface area contributed by atoms with Gasteiger partial charge in [-0.25, -0.2) is 14.4 Å². The summed E-state index contributed by atoms with van der Waals surface area (Å²) >= 11 is 0. The summed E-state index contributed by atoms with van der Waals surface area (Å²) in [6, 6.07) is 6.60. The summed E-state index contributed by atoms with van der Waals surface area (Å²) in [5.41, 5.74) is 0.884. The first-order valence-corrected chi connectivity index (χ1v) is 9.46. The van der Waals surface area contributed by atoms with Gasteiger partial charge in [-0.2, -0.15) is 5.06 Å². The number of carbonyl (C=O) groups excluding carboxylic acids is 2. The third-order valence-electron chi connectivity index (χ3n) is 4.03. The molecule has 0 bridgehead atoms. The third kappa shape index (κ3) is 10.3. The van der Waals surface area contributed by atoms with E-state index in [0.717, 1.165) is 5.56 Å². The number of carboxylic acid groups (broad SMARTS) is 2. The van der Waals surface area contributed by atoms with Crippen molar-refractivity contribution < 1.29 is 39.3 Å². The maximum Gasteiger partial charge on any atom is 0.407 e. The van der Waals surface area contributed by atoms with Crippen molar-refractivity contribution in [2.45, 2.75) is 44.8 Å². The van der Waals surface area contributed by atoms with E-state index in [2.05, 4.69) is 10.6 Å². The molecule has 0 aliphatic heterocycles. The first-order valence-electron chi connectivity index (χ1n) is 9.46. The lowest BCUT2D eigenvalue weighted by Gasteiger charge is -2.22. The maximum atomic E-state index is 11.8. The Morgan fingerprint density at radius 1 is 0.967 bits per heavy atom. The molecule has 1 rings (SSSR count). The number of aliphatic carboxylic acids is 2. The molecule has 0 aliphatic rings. The van der Waals surface area contributed by atoms with Gasteiger partial charge in [0.2, 0.25) is 0 Å². The van der Waals surface area contributed by atoms with Crippen LogP contribution in [0.15, 0.2) is 30.3 Å². The monoisotopic (exact) mass is 425 g/mol. The van der Waals surface area contributed by atoms with E-state index in [4.69, 9.17) is 14.9 Å². The van der Waals surface area contributed by atoms with Crippen LogP contribution in [0.3, 0.4) is 0 Å². The molecule has 1 aromatic rings. The van der Waals surface area contributed by atoms with Crippen LogP contribution in [0.1, 0.15) is 37.7 Å². The number of carboxylic acids is 2. The number of amides is 3. The molecule has 0 saturated carbocycles. The Kier molecular flexibility index (Phi) is 11.3. The second-order valence-electron chi connectivity index (χ2n) is 6.41. The molecule has 30 heavy (non-hydrogen) atoms. The molecule has 0 spiro atoms. The van der Waals surface area contributed by atoms with E-state index in [9.17, 15) is 24.4 Å². The van der Waals surface area contributed by atoms with Gasteiger partial charge in [0.1, 0.15) is 6.61 Å². The summed E-state index contributed by atoms with van der Waals surface area (Å²) in [7, 11) is 0. The molecule has 1 atom stereocenters. The fraction of sp³-hybridized carbons (Fsp3) is 0.474. The largest absolute Gasteiger partial charge is 0.481 e. The van der Waals surface area contributed by atoms with Crippen molar-refractivity contribution in [3.63, 3.8) is 0 Å². The minimum absolute atomic E-state index is 0.00439. The number of nitrogens with one attached hydrogen (secondary N) is 2. The second kappa shape index (κ2) is 13.8. The molecule has 0 fully saturated rings. The molecule has 0 saturated heterocycles. The van der Waals surface area contributed by atoms with Crippen LogP contribution in [-0.4, -0.2) is 63.7 Å². The lowest BCUT2D eigenvalue weighted by atomic mass is 10.1. The van der Waals surface area contributed by atoms with E-state index >= 15 is 0 Å². The number of hydroxylamine groups is 2. The van der Waals surface area contributed by atoms with Gasteiger partial charge in [0, 0.05) is 19.5 Å².